The van der Waals surface area contributed by atoms with Crippen LogP contribution in [0.15, 0.2) is 33.4 Å². The van der Waals surface area contributed by atoms with E-state index in [2.05, 4.69) is 4.72 Å². The van der Waals surface area contributed by atoms with E-state index in [1.54, 1.807) is 35.2 Å². The Morgan fingerprint density at radius 2 is 2.04 bits per heavy atom. The Morgan fingerprint density at radius 1 is 1.26 bits per heavy atom. The van der Waals surface area contributed by atoms with Gasteiger partial charge < -0.3 is 5.11 Å². The molecular formula is C15H19NO4S3. The summed E-state index contributed by atoms with van der Waals surface area (Å²) in [6.07, 6.45) is 4.00. The molecule has 0 radical (unpaired) electrons. The van der Waals surface area contributed by atoms with Crippen LogP contribution < -0.4 is 4.72 Å². The zero-order valence-corrected chi connectivity index (χ0v) is 15.2. The fourth-order valence-electron chi connectivity index (χ4n) is 2.13. The number of sulfonamides is 1. The number of thioether (sulfide) groups is 1. The molecule has 0 saturated heterocycles. The van der Waals surface area contributed by atoms with Crippen molar-refractivity contribution < 1.29 is 18.3 Å². The number of aliphatic carboxylic acids is 1. The van der Waals surface area contributed by atoms with E-state index < -0.39 is 16.0 Å². The van der Waals surface area contributed by atoms with E-state index >= 15 is 0 Å². The smallest absolute Gasteiger partial charge is 0.303 e. The monoisotopic (exact) mass is 373 g/mol. The van der Waals surface area contributed by atoms with E-state index in [0.29, 0.717) is 25.8 Å². The van der Waals surface area contributed by atoms with E-state index in [1.807, 2.05) is 18.4 Å². The van der Waals surface area contributed by atoms with Crippen molar-refractivity contribution in [1.82, 2.24) is 4.72 Å². The van der Waals surface area contributed by atoms with E-state index in [4.69, 9.17) is 5.11 Å². The lowest BCUT2D eigenvalue weighted by atomic mass is 10.2. The van der Waals surface area contributed by atoms with Gasteiger partial charge in [-0.15, -0.1) is 23.1 Å². The molecule has 1 heterocycles. The predicted molar refractivity (Wildman–Crippen MR) is 94.9 cm³/mol. The third-order valence-corrected chi connectivity index (χ3v) is 6.98. The van der Waals surface area contributed by atoms with Crippen molar-refractivity contribution in [2.45, 2.75) is 34.8 Å². The fraction of sp³-hybridized carbons (Fsp3) is 0.400. The Balaban J connectivity index is 1.95. The summed E-state index contributed by atoms with van der Waals surface area (Å²) in [7, 11) is -3.52. The number of carboxylic acids is 1. The number of carbonyl (C=O) groups is 1. The maximum absolute atomic E-state index is 12.3. The second kappa shape index (κ2) is 8.14. The Kier molecular flexibility index (Phi) is 6.46. The summed E-state index contributed by atoms with van der Waals surface area (Å²) in [5.41, 5.74) is 0. The zero-order chi connectivity index (χ0) is 16.9. The standard InChI is InChI=1S/C15H19NO4S3/c1-21-15-10-11-9-12(6-7-13(11)22-15)23(19,20)16-8-4-2-3-5-14(17)18/h6-7,9-10,16H,2-5,8H2,1H3,(H,17,18). The summed E-state index contributed by atoms with van der Waals surface area (Å²) < 4.78 is 29.4. The topological polar surface area (TPSA) is 83.5 Å². The van der Waals surface area contributed by atoms with Gasteiger partial charge in [0.2, 0.25) is 10.0 Å². The zero-order valence-electron chi connectivity index (χ0n) is 12.7. The van der Waals surface area contributed by atoms with Gasteiger partial charge in [-0.05, 0) is 48.7 Å². The molecule has 1 aromatic heterocycles. The summed E-state index contributed by atoms with van der Waals surface area (Å²) >= 11 is 3.29. The molecular weight excluding hydrogens is 354 g/mol. The van der Waals surface area contributed by atoms with Crippen LogP contribution in [0.1, 0.15) is 25.7 Å². The minimum Gasteiger partial charge on any atom is -0.481 e. The van der Waals surface area contributed by atoms with Crippen molar-refractivity contribution in [3.63, 3.8) is 0 Å². The van der Waals surface area contributed by atoms with Crippen molar-refractivity contribution >= 4 is 49.2 Å². The molecule has 0 aliphatic carbocycles. The van der Waals surface area contributed by atoms with Gasteiger partial charge in [0.05, 0.1) is 9.10 Å². The number of thiophene rings is 1. The lowest BCUT2D eigenvalue weighted by Crippen LogP contribution is -2.24. The quantitative estimate of drug-likeness (QED) is 0.519. The summed E-state index contributed by atoms with van der Waals surface area (Å²) in [5.74, 6) is -0.820. The number of hydrogen-bond donors (Lipinski definition) is 2. The SMILES string of the molecule is CSc1cc2cc(S(=O)(=O)NCCCCCC(=O)O)ccc2s1. The Morgan fingerprint density at radius 3 is 2.74 bits per heavy atom. The molecule has 1 aromatic carbocycles. The third-order valence-electron chi connectivity index (χ3n) is 3.34. The highest BCUT2D eigenvalue weighted by Crippen LogP contribution is 2.32. The second-order valence-corrected chi connectivity index (χ2v) is 9.03. The molecule has 2 N–H and O–H groups in total. The van der Waals surface area contributed by atoms with Crippen LogP contribution in [0.4, 0.5) is 0 Å². The molecule has 5 nitrogen and oxygen atoms in total. The first-order valence-electron chi connectivity index (χ1n) is 7.21. The van der Waals surface area contributed by atoms with Gasteiger partial charge in [0.15, 0.2) is 0 Å². The van der Waals surface area contributed by atoms with Gasteiger partial charge in [-0.25, -0.2) is 13.1 Å². The number of hydrogen-bond acceptors (Lipinski definition) is 5. The first kappa shape index (κ1) is 18.3. The summed E-state index contributed by atoms with van der Waals surface area (Å²) in [5, 5.41) is 9.48. The van der Waals surface area contributed by atoms with Crippen LogP contribution in [0.2, 0.25) is 0 Å². The molecule has 2 aromatic rings. The molecule has 8 heteroatoms. The van der Waals surface area contributed by atoms with Gasteiger partial charge >= 0.3 is 5.97 Å². The minimum atomic E-state index is -3.52. The highest BCUT2D eigenvalue weighted by Gasteiger charge is 2.14. The number of carboxylic acid groups (broad SMARTS) is 1. The average Bonchev–Trinajstić information content (AvgIpc) is 2.92. The lowest BCUT2D eigenvalue weighted by molar-refractivity contribution is -0.137. The van der Waals surface area contributed by atoms with Gasteiger partial charge in [-0.3, -0.25) is 4.79 Å². The second-order valence-electron chi connectivity index (χ2n) is 5.07. The minimum absolute atomic E-state index is 0.124. The van der Waals surface area contributed by atoms with Crippen LogP contribution in [0.3, 0.4) is 0 Å². The average molecular weight is 374 g/mol. The predicted octanol–water partition coefficient (Wildman–Crippen LogP) is 3.55. The number of unbranched alkanes of at least 4 members (excludes halogenated alkanes) is 2. The molecule has 0 saturated carbocycles. The summed E-state index contributed by atoms with van der Waals surface area (Å²) in [4.78, 5) is 10.7. The van der Waals surface area contributed by atoms with Gasteiger partial charge in [-0.2, -0.15) is 0 Å². The van der Waals surface area contributed by atoms with Crippen molar-refractivity contribution in [2.24, 2.45) is 0 Å². The first-order chi connectivity index (χ1) is 10.9. The van der Waals surface area contributed by atoms with Gasteiger partial charge in [0.25, 0.3) is 0 Å². The fourth-order valence-corrected chi connectivity index (χ4v) is 4.86. The largest absolute Gasteiger partial charge is 0.481 e. The summed E-state index contributed by atoms with van der Waals surface area (Å²) in [6.45, 7) is 0.319. The van der Waals surface area contributed by atoms with Crippen LogP contribution >= 0.6 is 23.1 Å². The van der Waals surface area contributed by atoms with E-state index in [0.717, 1.165) is 14.3 Å². The molecule has 23 heavy (non-hydrogen) atoms. The Labute approximate surface area is 144 Å². The van der Waals surface area contributed by atoms with Crippen molar-refractivity contribution in [2.75, 3.05) is 12.8 Å². The maximum atomic E-state index is 12.3. The maximum Gasteiger partial charge on any atom is 0.303 e. The highest BCUT2D eigenvalue weighted by atomic mass is 32.2. The van der Waals surface area contributed by atoms with E-state index in [9.17, 15) is 13.2 Å². The first-order valence-corrected chi connectivity index (χ1v) is 10.7. The van der Waals surface area contributed by atoms with Crippen LogP contribution in [-0.2, 0) is 14.8 Å². The van der Waals surface area contributed by atoms with Crippen molar-refractivity contribution in [3.05, 3.63) is 24.3 Å². The van der Waals surface area contributed by atoms with E-state index in [1.165, 1.54) is 0 Å². The third kappa shape index (κ3) is 5.20. The molecule has 126 valence electrons. The van der Waals surface area contributed by atoms with Crippen LogP contribution in [0, 0.1) is 0 Å². The number of nitrogens with one attached hydrogen (secondary N) is 1. The number of benzene rings is 1. The van der Waals surface area contributed by atoms with Crippen LogP contribution in [-0.4, -0.2) is 32.3 Å². The molecule has 0 unspecified atom stereocenters. The molecule has 0 aliphatic rings. The van der Waals surface area contributed by atoms with Crippen molar-refractivity contribution in [1.29, 1.82) is 0 Å². The highest BCUT2D eigenvalue weighted by molar-refractivity contribution is 8.00. The molecule has 2 rings (SSSR count). The van der Waals surface area contributed by atoms with Crippen LogP contribution in [0.25, 0.3) is 10.1 Å². The van der Waals surface area contributed by atoms with Gasteiger partial charge in [0, 0.05) is 17.7 Å². The molecule has 0 fully saturated rings. The van der Waals surface area contributed by atoms with Gasteiger partial charge in [-0.1, -0.05) is 6.42 Å². The Bertz CT molecular complexity index is 783. The van der Waals surface area contributed by atoms with Crippen LogP contribution in [0.5, 0.6) is 0 Å². The van der Waals surface area contributed by atoms with Gasteiger partial charge in [0.1, 0.15) is 0 Å². The summed E-state index contributed by atoms with van der Waals surface area (Å²) in [6, 6.07) is 7.14. The number of rotatable bonds is 9. The van der Waals surface area contributed by atoms with E-state index in [-0.39, 0.29) is 11.3 Å². The molecule has 0 spiro atoms. The molecule has 0 bridgehead atoms. The van der Waals surface area contributed by atoms with Crippen molar-refractivity contribution in [3.8, 4) is 0 Å². The Hall–Kier alpha value is -1.09. The molecule has 0 aliphatic heterocycles. The lowest BCUT2D eigenvalue weighted by Gasteiger charge is -2.06. The molecule has 0 atom stereocenters. The number of fused-ring (bicyclic) bond motifs is 1. The molecule has 0 amide bonds. The normalized spacial score (nSPS) is 11.9.